The van der Waals surface area contributed by atoms with Crippen molar-refractivity contribution in [2.45, 2.75) is 12.7 Å². The average Bonchev–Trinajstić information content (AvgIpc) is 3.43. The van der Waals surface area contributed by atoms with Gasteiger partial charge < -0.3 is 5.32 Å². The number of halogens is 6. The second-order valence-electron chi connectivity index (χ2n) is 7.93. The van der Waals surface area contributed by atoms with Crippen molar-refractivity contribution in [1.29, 1.82) is 0 Å². The normalized spacial score (nSPS) is 11.7. The van der Waals surface area contributed by atoms with Gasteiger partial charge in [-0.15, -0.1) is 0 Å². The minimum atomic E-state index is -4.74. The van der Waals surface area contributed by atoms with E-state index < -0.39 is 17.8 Å². The average molecular weight is 610 g/mol. The van der Waals surface area contributed by atoms with Gasteiger partial charge in [0.1, 0.15) is 0 Å². The highest BCUT2D eigenvalue weighted by Gasteiger charge is 2.35. The summed E-state index contributed by atoms with van der Waals surface area (Å²) in [5.41, 5.74) is -0.0516. The number of amides is 1. The van der Waals surface area contributed by atoms with Crippen molar-refractivity contribution < 1.29 is 18.0 Å². The summed E-state index contributed by atoms with van der Waals surface area (Å²) >= 11 is 15.1. The number of alkyl halides is 3. The highest BCUT2D eigenvalue weighted by atomic mass is 79.9. The Morgan fingerprint density at radius 2 is 1.62 bits per heavy atom. The molecule has 1 N–H and O–H groups in total. The summed E-state index contributed by atoms with van der Waals surface area (Å²) in [4.78, 5) is 17.2. The molecule has 0 atom stereocenters. The minimum Gasteiger partial charge on any atom is -0.303 e. The number of carbonyl (C=O) groups excluding carboxylic acids is 1. The van der Waals surface area contributed by atoms with Crippen LogP contribution >= 0.6 is 39.1 Å². The summed E-state index contributed by atoms with van der Waals surface area (Å²) in [5, 5.41) is 11.8. The van der Waals surface area contributed by atoms with Gasteiger partial charge in [0.15, 0.2) is 22.9 Å². The number of nitrogens with one attached hydrogen (secondary N) is 1. The monoisotopic (exact) mass is 608 g/mol. The zero-order valence-electron chi connectivity index (χ0n) is 18.5. The Labute approximate surface area is 226 Å². The predicted octanol–water partition coefficient (Wildman–Crippen LogP) is 6.98. The zero-order valence-corrected chi connectivity index (χ0v) is 21.6. The summed E-state index contributed by atoms with van der Waals surface area (Å²) in [6.45, 7) is 0.409. The Morgan fingerprint density at radius 1 is 0.973 bits per heavy atom. The fourth-order valence-corrected chi connectivity index (χ4v) is 4.23. The van der Waals surface area contributed by atoms with E-state index in [2.05, 4.69) is 36.4 Å². The lowest BCUT2D eigenvalue weighted by molar-refractivity contribution is -0.142. The van der Waals surface area contributed by atoms with Crippen LogP contribution in [0.2, 0.25) is 10.0 Å². The fraction of sp³-hybridized carbons (Fsp3) is 0.0833. The number of anilines is 1. The zero-order chi connectivity index (χ0) is 26.3. The Kier molecular flexibility index (Phi) is 6.69. The minimum absolute atomic E-state index is 0.0621. The van der Waals surface area contributed by atoms with Gasteiger partial charge in [-0.2, -0.15) is 23.4 Å². The maximum Gasteiger partial charge on any atom is 0.433 e. The molecule has 0 bridgehead atoms. The van der Waals surface area contributed by atoms with Gasteiger partial charge in [0, 0.05) is 27.9 Å². The summed E-state index contributed by atoms with van der Waals surface area (Å²) in [5.74, 6) is -0.564. The Balaban J connectivity index is 1.44. The van der Waals surface area contributed by atoms with Crippen LogP contribution in [0.4, 0.5) is 19.0 Å². The fourth-order valence-electron chi connectivity index (χ4n) is 3.57. The molecule has 1 amide bonds. The summed E-state index contributed by atoms with van der Waals surface area (Å²) in [7, 11) is 0. The number of hydrogen-bond donors (Lipinski definition) is 1. The van der Waals surface area contributed by atoms with Crippen molar-refractivity contribution >= 4 is 56.5 Å². The van der Waals surface area contributed by atoms with E-state index >= 15 is 0 Å². The van der Waals surface area contributed by atoms with E-state index in [-0.39, 0.29) is 22.9 Å². The van der Waals surface area contributed by atoms with E-state index in [9.17, 15) is 18.0 Å². The topological polar surface area (TPSA) is 77.1 Å². The predicted molar refractivity (Wildman–Crippen MR) is 137 cm³/mol. The molecule has 0 fully saturated rings. The lowest BCUT2D eigenvalue weighted by atomic mass is 10.1. The van der Waals surface area contributed by atoms with Crippen LogP contribution in [-0.2, 0) is 12.7 Å². The van der Waals surface area contributed by atoms with Crippen molar-refractivity contribution in [3.63, 3.8) is 0 Å². The Hall–Kier alpha value is -3.41. The molecule has 0 spiro atoms. The van der Waals surface area contributed by atoms with Gasteiger partial charge in [0.2, 0.25) is 0 Å². The van der Waals surface area contributed by atoms with Crippen LogP contribution in [0.15, 0.2) is 71.3 Å². The molecule has 188 valence electrons. The molecule has 5 aromatic rings. The molecular weight excluding hydrogens is 596 g/mol. The van der Waals surface area contributed by atoms with E-state index in [1.54, 1.807) is 47.3 Å². The second-order valence-corrected chi connectivity index (χ2v) is 9.66. The van der Waals surface area contributed by atoms with Crippen molar-refractivity contribution in [1.82, 2.24) is 24.4 Å². The molecule has 5 rings (SSSR count). The Bertz CT molecular complexity index is 1620. The molecule has 0 aliphatic carbocycles. The third kappa shape index (κ3) is 5.48. The molecule has 0 saturated carbocycles. The summed E-state index contributed by atoms with van der Waals surface area (Å²) in [6.07, 6.45) is -3.08. The molecule has 2 aromatic carbocycles. The van der Waals surface area contributed by atoms with Crippen LogP contribution in [0.25, 0.3) is 16.9 Å². The highest BCUT2D eigenvalue weighted by molar-refractivity contribution is 9.10. The first kappa shape index (κ1) is 25.2. The van der Waals surface area contributed by atoms with E-state index in [4.69, 9.17) is 23.2 Å². The van der Waals surface area contributed by atoms with Crippen LogP contribution in [0.1, 0.15) is 21.7 Å². The maximum absolute atomic E-state index is 13.9. The molecule has 0 saturated heterocycles. The van der Waals surface area contributed by atoms with Crippen LogP contribution in [0, 0.1) is 0 Å². The summed E-state index contributed by atoms with van der Waals surface area (Å²) < 4.78 is 44.2. The number of carbonyl (C=O) groups is 1. The Morgan fingerprint density at radius 3 is 2.27 bits per heavy atom. The van der Waals surface area contributed by atoms with E-state index in [0.29, 0.717) is 31.1 Å². The van der Waals surface area contributed by atoms with Crippen LogP contribution < -0.4 is 5.32 Å². The van der Waals surface area contributed by atoms with E-state index in [1.807, 2.05) is 12.1 Å². The van der Waals surface area contributed by atoms with Gasteiger partial charge in [-0.1, -0.05) is 47.5 Å². The number of nitrogens with zero attached hydrogens (tertiary/aromatic N) is 5. The molecule has 13 heteroatoms. The molecule has 0 radical (unpaired) electrons. The smallest absolute Gasteiger partial charge is 0.303 e. The van der Waals surface area contributed by atoms with Gasteiger partial charge in [-0.05, 0) is 51.8 Å². The van der Waals surface area contributed by atoms with Crippen molar-refractivity contribution in [3.8, 4) is 11.3 Å². The quantitative estimate of drug-likeness (QED) is 0.233. The first-order valence-electron chi connectivity index (χ1n) is 10.6. The first-order chi connectivity index (χ1) is 17.6. The molecule has 0 aliphatic rings. The van der Waals surface area contributed by atoms with Crippen molar-refractivity contribution in [3.05, 3.63) is 98.3 Å². The van der Waals surface area contributed by atoms with Gasteiger partial charge in [-0.25, -0.2) is 9.50 Å². The van der Waals surface area contributed by atoms with Crippen LogP contribution in [0.3, 0.4) is 0 Å². The van der Waals surface area contributed by atoms with Crippen LogP contribution in [0.5, 0.6) is 0 Å². The summed E-state index contributed by atoms with van der Waals surface area (Å²) in [6, 6.07) is 15.5. The molecule has 0 unspecified atom stereocenters. The highest BCUT2D eigenvalue weighted by Crippen LogP contribution is 2.33. The van der Waals surface area contributed by atoms with Gasteiger partial charge in [0.25, 0.3) is 5.91 Å². The lowest BCUT2D eigenvalue weighted by Crippen LogP contribution is -2.16. The number of hydrogen-bond acceptors (Lipinski definition) is 4. The third-order valence-electron chi connectivity index (χ3n) is 5.30. The molecule has 0 aliphatic heterocycles. The first-order valence-corrected chi connectivity index (χ1v) is 12.1. The number of rotatable bonds is 5. The second kappa shape index (κ2) is 9.81. The molecule has 3 heterocycles. The molecular formula is C24H14BrCl2F3N6O. The number of benzene rings is 2. The standard InChI is InChI=1S/C24H14BrCl2F3N6O/c25-17-12-35(11-13-1-5-15(26)6-2-13)34-22(17)32-23(37)19-10-21-31-18(14-3-7-16(27)8-4-14)9-20(24(28,29)30)36(21)33-19/h1-10,12H,11H2,(H,32,34,37). The van der Waals surface area contributed by atoms with Crippen molar-refractivity contribution in [2.75, 3.05) is 5.32 Å². The lowest BCUT2D eigenvalue weighted by Gasteiger charge is -2.11. The van der Waals surface area contributed by atoms with Crippen molar-refractivity contribution in [2.24, 2.45) is 0 Å². The number of aromatic nitrogens is 5. The van der Waals surface area contributed by atoms with Gasteiger partial charge in [0.05, 0.1) is 16.7 Å². The molecule has 3 aromatic heterocycles. The number of fused-ring (bicyclic) bond motifs is 1. The van der Waals surface area contributed by atoms with E-state index in [0.717, 1.165) is 11.6 Å². The largest absolute Gasteiger partial charge is 0.433 e. The van der Waals surface area contributed by atoms with E-state index in [1.165, 1.54) is 6.07 Å². The van der Waals surface area contributed by atoms with Gasteiger partial charge >= 0.3 is 6.18 Å². The third-order valence-corrected chi connectivity index (χ3v) is 6.38. The van der Waals surface area contributed by atoms with Crippen LogP contribution in [-0.4, -0.2) is 30.3 Å². The maximum atomic E-state index is 13.9. The molecule has 37 heavy (non-hydrogen) atoms. The van der Waals surface area contributed by atoms with Gasteiger partial charge in [-0.3, -0.25) is 9.48 Å². The molecule has 7 nitrogen and oxygen atoms in total. The SMILES string of the molecule is O=C(Nc1nn(Cc2ccc(Cl)cc2)cc1Br)c1cc2nc(-c3ccc(Cl)cc3)cc(C(F)(F)F)n2n1.